The number of methoxy groups -OCH3 is 1. The Morgan fingerprint density at radius 3 is 2.55 bits per heavy atom. The second kappa shape index (κ2) is 11.4. The molecule has 1 aliphatic heterocycles. The fourth-order valence-electron chi connectivity index (χ4n) is 3.05. The number of nitrogens with zero attached hydrogens (tertiary/aromatic N) is 1. The minimum absolute atomic E-state index is 0.206. The summed E-state index contributed by atoms with van der Waals surface area (Å²) in [5.74, 6) is -0.156. The number of esters is 1. The van der Waals surface area contributed by atoms with Crippen LogP contribution in [0.25, 0.3) is 6.08 Å². The first-order chi connectivity index (χ1) is 15.7. The summed E-state index contributed by atoms with van der Waals surface area (Å²) in [7, 11) is 1.21. The molecule has 1 saturated heterocycles. The van der Waals surface area contributed by atoms with E-state index in [1.54, 1.807) is 18.2 Å². The van der Waals surface area contributed by atoms with Gasteiger partial charge >= 0.3 is 5.97 Å². The summed E-state index contributed by atoms with van der Waals surface area (Å²) < 4.78 is 18.2. The Morgan fingerprint density at radius 2 is 1.91 bits per heavy atom. The zero-order chi connectivity index (χ0) is 24.1. The Hall–Kier alpha value is -2.05. The van der Waals surface area contributed by atoms with Crippen molar-refractivity contribution in [3.8, 4) is 11.5 Å². The second-order valence-electron chi connectivity index (χ2n) is 6.93. The molecular formula is C23H21BrINO6S. The van der Waals surface area contributed by atoms with Crippen molar-refractivity contribution in [1.82, 2.24) is 4.90 Å². The standard InChI is InChI=1S/C23H21BrINO6S/c1-4-31-18-10-15(9-17(24)20(18)32-12-14-5-7-16(25)8-6-14)11-19-21(27)26(23(29)33-19)13(2)22(28)30-3/h5-11,13H,4,12H2,1-3H3/b19-11+/t13-/m1/s1. The number of amides is 2. The number of halogens is 2. The normalized spacial score (nSPS) is 15.7. The smallest absolute Gasteiger partial charge is 0.328 e. The van der Waals surface area contributed by atoms with Crippen LogP contribution in [-0.2, 0) is 20.9 Å². The molecule has 0 unspecified atom stereocenters. The van der Waals surface area contributed by atoms with E-state index in [-0.39, 0.29) is 4.91 Å². The summed E-state index contributed by atoms with van der Waals surface area (Å²) in [5, 5.41) is -0.522. The highest BCUT2D eigenvalue weighted by Gasteiger charge is 2.41. The molecule has 0 saturated carbocycles. The molecule has 1 atom stereocenters. The fourth-order valence-corrected chi connectivity index (χ4v) is 4.89. The third kappa shape index (κ3) is 6.10. The Kier molecular flexibility index (Phi) is 8.82. The monoisotopic (exact) mass is 645 g/mol. The van der Waals surface area contributed by atoms with Crippen LogP contribution < -0.4 is 9.47 Å². The Bertz CT molecular complexity index is 1100. The molecule has 2 aromatic rings. The quantitative estimate of drug-likeness (QED) is 0.209. The molecule has 3 rings (SSSR count). The lowest BCUT2D eigenvalue weighted by Gasteiger charge is -2.18. The lowest BCUT2D eigenvalue weighted by atomic mass is 10.1. The molecule has 0 aromatic heterocycles. The van der Waals surface area contributed by atoms with E-state index in [2.05, 4.69) is 43.3 Å². The highest BCUT2D eigenvalue weighted by molar-refractivity contribution is 14.1. The molecule has 0 radical (unpaired) electrons. The highest BCUT2D eigenvalue weighted by Crippen LogP contribution is 2.40. The molecular weight excluding hydrogens is 625 g/mol. The SMILES string of the molecule is CCOc1cc(/C=C2/SC(=O)N([C@H](C)C(=O)OC)C2=O)cc(Br)c1OCc1ccc(I)cc1. The van der Waals surface area contributed by atoms with Crippen LogP contribution >= 0.6 is 50.3 Å². The van der Waals surface area contributed by atoms with Gasteiger partial charge < -0.3 is 14.2 Å². The van der Waals surface area contributed by atoms with Crippen molar-refractivity contribution in [1.29, 1.82) is 0 Å². The predicted molar refractivity (Wildman–Crippen MR) is 138 cm³/mol. The van der Waals surface area contributed by atoms with Crippen LogP contribution in [0.4, 0.5) is 4.79 Å². The minimum Gasteiger partial charge on any atom is -0.490 e. The molecule has 0 bridgehead atoms. The maximum absolute atomic E-state index is 12.8. The number of hydrogen-bond donors (Lipinski definition) is 0. The summed E-state index contributed by atoms with van der Waals surface area (Å²) in [6.07, 6.45) is 1.59. The lowest BCUT2D eigenvalue weighted by Crippen LogP contribution is -2.42. The average Bonchev–Trinajstić information content (AvgIpc) is 3.06. The van der Waals surface area contributed by atoms with Gasteiger partial charge in [0.15, 0.2) is 11.5 Å². The first-order valence-corrected chi connectivity index (χ1v) is 12.6. The molecule has 1 aliphatic rings. The van der Waals surface area contributed by atoms with Crippen LogP contribution in [0.2, 0.25) is 0 Å². The van der Waals surface area contributed by atoms with E-state index in [1.165, 1.54) is 14.0 Å². The summed E-state index contributed by atoms with van der Waals surface area (Å²) in [6, 6.07) is 10.5. The molecule has 7 nitrogen and oxygen atoms in total. The fraction of sp³-hybridized carbons (Fsp3) is 0.261. The van der Waals surface area contributed by atoms with E-state index < -0.39 is 23.2 Å². The van der Waals surface area contributed by atoms with Gasteiger partial charge in [0.1, 0.15) is 12.6 Å². The maximum Gasteiger partial charge on any atom is 0.328 e. The van der Waals surface area contributed by atoms with Crippen LogP contribution in [0.5, 0.6) is 11.5 Å². The van der Waals surface area contributed by atoms with Gasteiger partial charge in [-0.1, -0.05) is 12.1 Å². The van der Waals surface area contributed by atoms with Gasteiger partial charge in [-0.25, -0.2) is 4.79 Å². The van der Waals surface area contributed by atoms with Crippen molar-refractivity contribution >= 4 is 73.5 Å². The molecule has 33 heavy (non-hydrogen) atoms. The average molecular weight is 646 g/mol. The van der Waals surface area contributed by atoms with Gasteiger partial charge in [0.05, 0.1) is 23.1 Å². The summed E-state index contributed by atoms with van der Waals surface area (Å²) in [4.78, 5) is 38.0. The van der Waals surface area contributed by atoms with Gasteiger partial charge in [-0.2, -0.15) is 0 Å². The number of hydrogen-bond acceptors (Lipinski definition) is 7. The van der Waals surface area contributed by atoms with E-state index in [9.17, 15) is 14.4 Å². The largest absolute Gasteiger partial charge is 0.490 e. The first-order valence-electron chi connectivity index (χ1n) is 9.93. The third-order valence-electron chi connectivity index (χ3n) is 4.68. The summed E-state index contributed by atoms with van der Waals surface area (Å²) in [6.45, 7) is 4.10. The number of imide groups is 1. The molecule has 1 heterocycles. The Labute approximate surface area is 218 Å². The van der Waals surface area contributed by atoms with Crippen LogP contribution in [0, 0.1) is 3.57 Å². The predicted octanol–water partition coefficient (Wildman–Crippen LogP) is 5.63. The number of ether oxygens (including phenoxy) is 3. The molecule has 10 heteroatoms. The molecule has 174 valence electrons. The number of rotatable bonds is 8. The van der Waals surface area contributed by atoms with Gasteiger partial charge in [-0.3, -0.25) is 14.5 Å². The van der Waals surface area contributed by atoms with E-state index in [0.29, 0.717) is 34.7 Å². The number of carbonyl (C=O) groups excluding carboxylic acids is 3. The lowest BCUT2D eigenvalue weighted by molar-refractivity contribution is -0.148. The van der Waals surface area contributed by atoms with Gasteiger partial charge in [-0.05, 0) is 106 Å². The van der Waals surface area contributed by atoms with Crippen molar-refractivity contribution < 1.29 is 28.6 Å². The Morgan fingerprint density at radius 1 is 1.21 bits per heavy atom. The maximum atomic E-state index is 12.8. The van der Waals surface area contributed by atoms with Crippen molar-refractivity contribution in [3.63, 3.8) is 0 Å². The number of carbonyl (C=O) groups is 3. The van der Waals surface area contributed by atoms with Crippen LogP contribution in [0.3, 0.4) is 0 Å². The zero-order valence-corrected chi connectivity index (χ0v) is 22.7. The Balaban J connectivity index is 1.86. The molecule has 0 spiro atoms. The van der Waals surface area contributed by atoms with Gasteiger partial charge in [-0.15, -0.1) is 0 Å². The van der Waals surface area contributed by atoms with Gasteiger partial charge in [0.2, 0.25) is 0 Å². The molecule has 0 aliphatic carbocycles. The van der Waals surface area contributed by atoms with Crippen molar-refractivity contribution in [2.24, 2.45) is 0 Å². The number of thioether (sulfide) groups is 1. The van der Waals surface area contributed by atoms with Crippen LogP contribution in [0.1, 0.15) is 25.0 Å². The van der Waals surface area contributed by atoms with Gasteiger partial charge in [0.25, 0.3) is 11.1 Å². The van der Waals surface area contributed by atoms with Crippen molar-refractivity contribution in [2.75, 3.05) is 13.7 Å². The molecule has 1 fully saturated rings. The highest BCUT2D eigenvalue weighted by atomic mass is 127. The van der Waals surface area contributed by atoms with E-state index >= 15 is 0 Å². The van der Waals surface area contributed by atoms with Gasteiger partial charge in [0, 0.05) is 3.57 Å². The van der Waals surface area contributed by atoms with Crippen LogP contribution in [-0.4, -0.2) is 41.8 Å². The van der Waals surface area contributed by atoms with E-state index in [1.807, 2.05) is 31.2 Å². The summed E-state index contributed by atoms with van der Waals surface area (Å²) >= 11 is 6.55. The van der Waals surface area contributed by atoms with Crippen molar-refractivity contribution in [3.05, 3.63) is 60.5 Å². The first kappa shape index (κ1) is 25.6. The zero-order valence-electron chi connectivity index (χ0n) is 18.1. The molecule has 0 N–H and O–H groups in total. The third-order valence-corrected chi connectivity index (χ3v) is 6.87. The molecule has 2 aromatic carbocycles. The van der Waals surface area contributed by atoms with E-state index in [4.69, 9.17) is 9.47 Å². The number of benzene rings is 2. The van der Waals surface area contributed by atoms with E-state index in [0.717, 1.165) is 25.8 Å². The summed E-state index contributed by atoms with van der Waals surface area (Å²) in [5.41, 5.74) is 1.66. The van der Waals surface area contributed by atoms with Crippen LogP contribution in [0.15, 0.2) is 45.8 Å². The second-order valence-corrected chi connectivity index (χ2v) is 10.0. The topological polar surface area (TPSA) is 82.1 Å². The minimum atomic E-state index is -1.00. The molecule has 2 amide bonds. The van der Waals surface area contributed by atoms with Crippen molar-refractivity contribution in [2.45, 2.75) is 26.5 Å².